The number of carbonyl (C=O) groups is 1. The number of likely N-dealkylation sites (tertiary alicyclic amines) is 1. The zero-order valence-electron chi connectivity index (χ0n) is 23.7. The van der Waals surface area contributed by atoms with Crippen molar-refractivity contribution in [2.24, 2.45) is 34.5 Å². The van der Waals surface area contributed by atoms with E-state index in [9.17, 15) is 9.90 Å². The lowest BCUT2D eigenvalue weighted by atomic mass is 9.47. The van der Waals surface area contributed by atoms with Crippen molar-refractivity contribution in [3.05, 3.63) is 11.6 Å². The minimum atomic E-state index is -0.112. The Morgan fingerprint density at radius 1 is 0.943 bits per heavy atom. The van der Waals surface area contributed by atoms with Gasteiger partial charge in [-0.2, -0.15) is 0 Å². The maximum Gasteiger partial charge on any atom is 0.223 e. The van der Waals surface area contributed by atoms with Crippen molar-refractivity contribution >= 4 is 5.91 Å². The monoisotopic (exact) mass is 483 g/mol. The van der Waals surface area contributed by atoms with Crippen LogP contribution in [0.5, 0.6) is 0 Å². The lowest BCUT2D eigenvalue weighted by molar-refractivity contribution is -0.149. The molecule has 4 fully saturated rings. The summed E-state index contributed by atoms with van der Waals surface area (Å²) in [6, 6.07) is 0. The van der Waals surface area contributed by atoms with Gasteiger partial charge < -0.3 is 10.0 Å². The van der Waals surface area contributed by atoms with Crippen molar-refractivity contribution in [1.82, 2.24) is 4.90 Å². The van der Waals surface area contributed by atoms with Gasteiger partial charge in [0.25, 0.3) is 0 Å². The van der Waals surface area contributed by atoms with E-state index in [4.69, 9.17) is 0 Å². The quantitative estimate of drug-likeness (QED) is 0.417. The van der Waals surface area contributed by atoms with Crippen LogP contribution in [0.1, 0.15) is 131 Å². The molecule has 3 nitrogen and oxygen atoms in total. The number of aliphatic hydroxyl groups is 1. The second-order valence-corrected chi connectivity index (χ2v) is 15.1. The minimum absolute atomic E-state index is 0.0136. The smallest absolute Gasteiger partial charge is 0.223 e. The average molecular weight is 484 g/mol. The molecule has 1 amide bonds. The fraction of sp³-hybridized carbons (Fsp3) is 0.906. The van der Waals surface area contributed by atoms with Crippen LogP contribution in [-0.2, 0) is 4.79 Å². The van der Waals surface area contributed by atoms with Crippen LogP contribution in [0.4, 0.5) is 0 Å². The molecule has 0 bridgehead atoms. The number of amides is 1. The first kappa shape index (κ1) is 25.8. The Kier molecular flexibility index (Phi) is 6.55. The van der Waals surface area contributed by atoms with Crippen LogP contribution < -0.4 is 0 Å². The third kappa shape index (κ3) is 4.24. The molecule has 3 heteroatoms. The van der Waals surface area contributed by atoms with Crippen LogP contribution in [0.2, 0.25) is 0 Å². The molecule has 0 aromatic rings. The molecule has 0 radical (unpaired) electrons. The lowest BCUT2D eigenvalue weighted by Gasteiger charge is -2.58. The Morgan fingerprint density at radius 2 is 1.66 bits per heavy atom. The second kappa shape index (κ2) is 8.88. The molecule has 1 N–H and O–H groups in total. The molecule has 1 aliphatic heterocycles. The maximum atomic E-state index is 13.4. The molecule has 3 saturated carbocycles. The second-order valence-electron chi connectivity index (χ2n) is 15.1. The van der Waals surface area contributed by atoms with E-state index in [-0.39, 0.29) is 17.2 Å². The van der Waals surface area contributed by atoms with Crippen LogP contribution in [0, 0.1) is 34.5 Å². The summed E-state index contributed by atoms with van der Waals surface area (Å²) in [7, 11) is 0. The summed E-state index contributed by atoms with van der Waals surface area (Å²) in [5, 5.41) is 10.3. The predicted octanol–water partition coefficient (Wildman–Crippen LogP) is 7.67. The van der Waals surface area contributed by atoms with Gasteiger partial charge in [-0.3, -0.25) is 4.79 Å². The molecular formula is C32H53NO2. The molecule has 7 unspecified atom stereocenters. The summed E-state index contributed by atoms with van der Waals surface area (Å²) in [6.07, 6.45) is 18.8. The number of piperidine rings is 1. The number of nitrogens with zero attached hydrogens (tertiary/aromatic N) is 1. The number of aliphatic hydroxyl groups excluding tert-OH is 1. The number of hydrogen-bond acceptors (Lipinski definition) is 2. The van der Waals surface area contributed by atoms with Gasteiger partial charge in [-0.05, 0) is 146 Å². The summed E-state index contributed by atoms with van der Waals surface area (Å²) in [6.45, 7) is 14.2. The standard InChI is InChI=1S/C32H53NO2/c1-29(2)17-8-18-30(3,4)33(29)28(35)10-7-9-22-12-14-26-25-13-11-23-21-24(34)15-19-32(23,6)27(25)16-20-31(22,26)5/h11,22,24-27,34H,7-10,12-21H2,1-6H3. The Morgan fingerprint density at radius 3 is 2.37 bits per heavy atom. The maximum absolute atomic E-state index is 13.4. The Labute approximate surface area is 215 Å². The van der Waals surface area contributed by atoms with Crippen molar-refractivity contribution in [2.75, 3.05) is 0 Å². The van der Waals surface area contributed by atoms with Gasteiger partial charge in [0.15, 0.2) is 0 Å². The molecule has 198 valence electrons. The van der Waals surface area contributed by atoms with Crippen molar-refractivity contribution in [1.29, 1.82) is 0 Å². The summed E-state index contributed by atoms with van der Waals surface area (Å²) in [5.74, 6) is 3.68. The molecule has 0 aromatic heterocycles. The van der Waals surface area contributed by atoms with Crippen molar-refractivity contribution in [3.8, 4) is 0 Å². The third-order valence-corrected chi connectivity index (χ3v) is 12.3. The van der Waals surface area contributed by atoms with Gasteiger partial charge in [-0.25, -0.2) is 0 Å². The van der Waals surface area contributed by atoms with E-state index in [1.165, 1.54) is 51.4 Å². The summed E-state index contributed by atoms with van der Waals surface area (Å²) >= 11 is 0. The van der Waals surface area contributed by atoms with Crippen LogP contribution >= 0.6 is 0 Å². The van der Waals surface area contributed by atoms with Gasteiger partial charge in [0.2, 0.25) is 5.91 Å². The molecule has 35 heavy (non-hydrogen) atoms. The SMILES string of the molecule is CC12CCC(O)CC1=CCC1C2CCC2(C)C(CCCC(=O)N3C(C)(C)CCCC3(C)C)CCC12. The van der Waals surface area contributed by atoms with Gasteiger partial charge in [0, 0.05) is 17.5 Å². The van der Waals surface area contributed by atoms with E-state index in [2.05, 4.69) is 52.5 Å². The third-order valence-electron chi connectivity index (χ3n) is 12.3. The van der Waals surface area contributed by atoms with E-state index in [0.29, 0.717) is 16.7 Å². The van der Waals surface area contributed by atoms with E-state index in [1.54, 1.807) is 5.57 Å². The first-order chi connectivity index (χ1) is 16.4. The lowest BCUT2D eigenvalue weighted by Crippen LogP contribution is -2.60. The van der Waals surface area contributed by atoms with Gasteiger partial charge in [-0.1, -0.05) is 25.5 Å². The first-order valence-electron chi connectivity index (χ1n) is 15.1. The first-order valence-corrected chi connectivity index (χ1v) is 15.1. The summed E-state index contributed by atoms with van der Waals surface area (Å²) < 4.78 is 0. The van der Waals surface area contributed by atoms with E-state index >= 15 is 0 Å². The molecule has 0 aromatic carbocycles. The van der Waals surface area contributed by atoms with E-state index < -0.39 is 0 Å². The molecular weight excluding hydrogens is 430 g/mol. The highest BCUT2D eigenvalue weighted by Crippen LogP contribution is 2.66. The zero-order chi connectivity index (χ0) is 25.2. The predicted molar refractivity (Wildman–Crippen MR) is 144 cm³/mol. The Hall–Kier alpha value is -0.830. The van der Waals surface area contributed by atoms with E-state index in [1.807, 2.05) is 0 Å². The largest absolute Gasteiger partial charge is 0.393 e. The van der Waals surface area contributed by atoms with Gasteiger partial charge in [0.1, 0.15) is 0 Å². The molecule has 4 aliphatic carbocycles. The summed E-state index contributed by atoms with van der Waals surface area (Å²) in [4.78, 5) is 15.7. The highest BCUT2D eigenvalue weighted by Gasteiger charge is 2.58. The van der Waals surface area contributed by atoms with Crippen LogP contribution in [0.15, 0.2) is 11.6 Å². The van der Waals surface area contributed by atoms with Gasteiger partial charge in [0.05, 0.1) is 6.10 Å². The van der Waals surface area contributed by atoms with Crippen LogP contribution in [0.25, 0.3) is 0 Å². The van der Waals surface area contributed by atoms with Gasteiger partial charge in [-0.15, -0.1) is 0 Å². The number of carbonyl (C=O) groups excluding carboxylic acids is 1. The van der Waals surface area contributed by atoms with Gasteiger partial charge >= 0.3 is 0 Å². The number of hydrogen-bond donors (Lipinski definition) is 1. The number of rotatable bonds is 4. The van der Waals surface area contributed by atoms with Crippen LogP contribution in [-0.4, -0.2) is 33.1 Å². The fourth-order valence-corrected chi connectivity index (χ4v) is 10.5. The number of fused-ring (bicyclic) bond motifs is 5. The highest BCUT2D eigenvalue weighted by atomic mass is 16.3. The molecule has 0 spiro atoms. The van der Waals surface area contributed by atoms with Crippen molar-refractivity contribution in [3.63, 3.8) is 0 Å². The molecule has 1 heterocycles. The van der Waals surface area contributed by atoms with Crippen molar-refractivity contribution < 1.29 is 9.90 Å². The Balaban J connectivity index is 1.22. The van der Waals surface area contributed by atoms with Crippen LogP contribution in [0.3, 0.4) is 0 Å². The highest BCUT2D eigenvalue weighted by molar-refractivity contribution is 5.78. The topological polar surface area (TPSA) is 40.5 Å². The van der Waals surface area contributed by atoms with E-state index in [0.717, 1.165) is 62.2 Å². The fourth-order valence-electron chi connectivity index (χ4n) is 10.5. The minimum Gasteiger partial charge on any atom is -0.393 e. The normalized spacial score (nSPS) is 44.1. The van der Waals surface area contributed by atoms with Crippen molar-refractivity contribution in [2.45, 2.75) is 149 Å². The molecule has 7 atom stereocenters. The number of allylic oxidation sites excluding steroid dienone is 1. The zero-order valence-corrected chi connectivity index (χ0v) is 23.7. The Bertz CT molecular complexity index is 842. The molecule has 5 rings (SSSR count). The molecule has 5 aliphatic rings. The average Bonchev–Trinajstić information content (AvgIpc) is 3.09. The molecule has 1 saturated heterocycles. The summed E-state index contributed by atoms with van der Waals surface area (Å²) in [5.41, 5.74) is 2.35.